The normalized spacial score (nSPS) is 14.7. The van der Waals surface area contributed by atoms with Crippen LogP contribution in [-0.2, 0) is 17.8 Å². The van der Waals surface area contributed by atoms with Gasteiger partial charge in [0.05, 0.1) is 40.7 Å². The third kappa shape index (κ3) is 5.17. The van der Waals surface area contributed by atoms with E-state index in [0.29, 0.717) is 42.4 Å². The Morgan fingerprint density at radius 3 is 2.74 bits per heavy atom. The number of amides is 1. The van der Waals surface area contributed by atoms with Crippen LogP contribution >= 0.6 is 0 Å². The predicted octanol–water partition coefficient (Wildman–Crippen LogP) is 4.35. The molecule has 0 spiro atoms. The molecule has 1 aliphatic rings. The lowest BCUT2D eigenvalue weighted by Crippen LogP contribution is -2.37. The molecule has 0 atom stereocenters. The topological polar surface area (TPSA) is 101 Å². The number of rotatable bonds is 9. The zero-order chi connectivity index (χ0) is 25.2. The van der Waals surface area contributed by atoms with E-state index in [1.54, 1.807) is 16.8 Å². The first kappa shape index (κ1) is 24.7. The number of unbranched alkanes of at least 4 members (excludes halogenated alkanes) is 1. The largest absolute Gasteiger partial charge is 0.380 e. The Morgan fingerprint density at radius 2 is 2.03 bits per heavy atom. The second-order valence-corrected chi connectivity index (χ2v) is 9.99. The molecule has 0 saturated heterocycles. The molecule has 3 heterocycles. The molecule has 2 aromatic heterocycles. The van der Waals surface area contributed by atoms with Crippen LogP contribution in [0.1, 0.15) is 62.3 Å². The maximum absolute atomic E-state index is 13.2. The molecule has 0 unspecified atom stereocenters. The van der Waals surface area contributed by atoms with Crippen LogP contribution in [0.4, 0.5) is 11.6 Å². The van der Waals surface area contributed by atoms with Gasteiger partial charge >= 0.3 is 0 Å². The fraction of sp³-hybridized carbons (Fsp3) is 0.538. The number of nitriles is 1. The van der Waals surface area contributed by atoms with Gasteiger partial charge in [0.25, 0.3) is 5.91 Å². The summed E-state index contributed by atoms with van der Waals surface area (Å²) in [6, 6.07) is 7.77. The van der Waals surface area contributed by atoms with Crippen LogP contribution in [0.25, 0.3) is 11.0 Å². The molecular weight excluding hydrogens is 442 g/mol. The molecule has 3 aromatic rings. The van der Waals surface area contributed by atoms with E-state index in [0.717, 1.165) is 49.4 Å². The van der Waals surface area contributed by atoms with Crippen molar-refractivity contribution in [3.8, 4) is 6.07 Å². The number of ether oxygens (including phenoxy) is 1. The van der Waals surface area contributed by atoms with Crippen LogP contribution < -0.4 is 10.2 Å². The minimum atomic E-state index is -0.246. The fourth-order valence-corrected chi connectivity index (χ4v) is 4.74. The highest BCUT2D eigenvalue weighted by atomic mass is 16.5. The Labute approximate surface area is 206 Å². The van der Waals surface area contributed by atoms with Crippen LogP contribution in [0.2, 0.25) is 0 Å². The van der Waals surface area contributed by atoms with E-state index in [2.05, 4.69) is 46.7 Å². The van der Waals surface area contributed by atoms with Crippen LogP contribution in [-0.4, -0.2) is 51.5 Å². The molecule has 186 valence electrons. The number of benzene rings is 1. The highest BCUT2D eigenvalue weighted by molar-refractivity contribution is 6.04. The van der Waals surface area contributed by atoms with Crippen LogP contribution in [0.15, 0.2) is 18.2 Å². The van der Waals surface area contributed by atoms with E-state index >= 15 is 0 Å². The van der Waals surface area contributed by atoms with Crippen molar-refractivity contribution < 1.29 is 9.53 Å². The van der Waals surface area contributed by atoms with Crippen molar-refractivity contribution in [2.75, 3.05) is 36.5 Å². The van der Waals surface area contributed by atoms with Gasteiger partial charge in [0.2, 0.25) is 5.95 Å². The quantitative estimate of drug-likeness (QED) is 0.460. The monoisotopic (exact) mass is 477 g/mol. The Kier molecular flexibility index (Phi) is 7.13. The van der Waals surface area contributed by atoms with Crippen LogP contribution in [0, 0.1) is 23.7 Å². The summed E-state index contributed by atoms with van der Waals surface area (Å²) in [5.74, 6) is 0.237. The van der Waals surface area contributed by atoms with Crippen molar-refractivity contribution in [1.82, 2.24) is 19.3 Å². The van der Waals surface area contributed by atoms with Crippen LogP contribution in [0.3, 0.4) is 0 Å². The number of aromatic nitrogens is 4. The Hall–Kier alpha value is -3.38. The first-order valence-electron chi connectivity index (χ1n) is 12.4. The number of nitrogens with one attached hydrogen (secondary N) is 1. The molecule has 35 heavy (non-hydrogen) atoms. The maximum atomic E-state index is 13.2. The lowest BCUT2D eigenvalue weighted by molar-refractivity contribution is 0.101. The first-order chi connectivity index (χ1) is 16.8. The van der Waals surface area contributed by atoms with E-state index in [9.17, 15) is 10.1 Å². The molecule has 1 amide bonds. The molecule has 0 aliphatic carbocycles. The summed E-state index contributed by atoms with van der Waals surface area (Å²) in [6.45, 7) is 14.6. The van der Waals surface area contributed by atoms with Crippen molar-refractivity contribution >= 4 is 28.6 Å². The maximum Gasteiger partial charge on any atom is 0.276 e. The summed E-state index contributed by atoms with van der Waals surface area (Å²) in [7, 11) is 0. The average molecular weight is 478 g/mol. The van der Waals surface area contributed by atoms with Gasteiger partial charge in [0.15, 0.2) is 0 Å². The highest BCUT2D eigenvalue weighted by Crippen LogP contribution is 2.38. The van der Waals surface area contributed by atoms with E-state index in [1.165, 1.54) is 0 Å². The summed E-state index contributed by atoms with van der Waals surface area (Å²) < 4.78 is 9.64. The lowest BCUT2D eigenvalue weighted by Gasteiger charge is -2.31. The molecule has 0 saturated carbocycles. The summed E-state index contributed by atoms with van der Waals surface area (Å²) in [4.78, 5) is 20.3. The Balaban J connectivity index is 1.74. The van der Waals surface area contributed by atoms with Crippen molar-refractivity contribution in [2.24, 2.45) is 5.41 Å². The van der Waals surface area contributed by atoms with Gasteiger partial charge in [-0.3, -0.25) is 14.8 Å². The van der Waals surface area contributed by atoms with Gasteiger partial charge in [0, 0.05) is 38.2 Å². The summed E-state index contributed by atoms with van der Waals surface area (Å²) in [5.41, 5.74) is 4.31. The van der Waals surface area contributed by atoms with Gasteiger partial charge < -0.3 is 14.2 Å². The van der Waals surface area contributed by atoms with E-state index in [1.807, 2.05) is 19.9 Å². The molecule has 1 aromatic carbocycles. The second-order valence-electron chi connectivity index (χ2n) is 9.99. The summed E-state index contributed by atoms with van der Waals surface area (Å²) in [5, 5.41) is 17.1. The van der Waals surface area contributed by atoms with Gasteiger partial charge in [-0.05, 0) is 38.5 Å². The van der Waals surface area contributed by atoms with Crippen molar-refractivity contribution in [3.63, 3.8) is 0 Å². The van der Waals surface area contributed by atoms with Gasteiger partial charge in [-0.2, -0.15) is 10.4 Å². The SMILES string of the molecule is CCCCOCCN1CC(C)(C)Cn2c(NC(=O)c3cc(C)nn3CC)nc3cc(C#N)cc1c32. The molecule has 0 radical (unpaired) electrons. The van der Waals surface area contributed by atoms with E-state index in [4.69, 9.17) is 9.72 Å². The molecule has 9 nitrogen and oxygen atoms in total. The highest BCUT2D eigenvalue weighted by Gasteiger charge is 2.32. The number of carbonyl (C=O) groups is 1. The predicted molar refractivity (Wildman–Crippen MR) is 137 cm³/mol. The smallest absolute Gasteiger partial charge is 0.276 e. The van der Waals surface area contributed by atoms with E-state index in [-0.39, 0.29) is 11.3 Å². The van der Waals surface area contributed by atoms with Gasteiger partial charge in [0.1, 0.15) is 5.69 Å². The van der Waals surface area contributed by atoms with Gasteiger partial charge in [-0.15, -0.1) is 0 Å². The lowest BCUT2D eigenvalue weighted by atomic mass is 9.93. The zero-order valence-corrected chi connectivity index (χ0v) is 21.4. The Morgan fingerprint density at radius 1 is 1.23 bits per heavy atom. The molecule has 9 heteroatoms. The average Bonchev–Trinajstić information content (AvgIpc) is 3.33. The minimum absolute atomic E-state index is 0.107. The van der Waals surface area contributed by atoms with Crippen molar-refractivity contribution in [2.45, 2.75) is 60.5 Å². The van der Waals surface area contributed by atoms with Crippen molar-refractivity contribution in [3.05, 3.63) is 35.2 Å². The molecule has 1 aliphatic heterocycles. The fourth-order valence-electron chi connectivity index (χ4n) is 4.74. The minimum Gasteiger partial charge on any atom is -0.380 e. The molecular formula is C26H35N7O2. The number of hydrogen-bond donors (Lipinski definition) is 1. The molecule has 4 rings (SSSR count). The van der Waals surface area contributed by atoms with Crippen molar-refractivity contribution in [1.29, 1.82) is 5.26 Å². The Bertz CT molecular complexity index is 1260. The number of carbonyl (C=O) groups excluding carboxylic acids is 1. The van der Waals surface area contributed by atoms with E-state index < -0.39 is 0 Å². The van der Waals surface area contributed by atoms with Gasteiger partial charge in [-0.25, -0.2) is 4.98 Å². The molecule has 0 fully saturated rings. The zero-order valence-electron chi connectivity index (χ0n) is 21.4. The summed E-state index contributed by atoms with van der Waals surface area (Å²) in [6.07, 6.45) is 2.15. The number of nitrogens with zero attached hydrogens (tertiary/aromatic N) is 6. The molecule has 0 bridgehead atoms. The molecule has 1 N–H and O–H groups in total. The number of imidazole rings is 1. The number of hydrogen-bond acceptors (Lipinski definition) is 6. The second kappa shape index (κ2) is 10.1. The van der Waals surface area contributed by atoms with Gasteiger partial charge in [-0.1, -0.05) is 27.2 Å². The standard InChI is InChI=1S/C26H35N7O2/c1-6-8-10-35-11-9-31-16-26(4,5)17-32-23-20(13-19(15-27)14-21(23)31)28-25(32)29-24(34)22-12-18(3)30-33(22)7-2/h12-14H,6-11,16-17H2,1-5H3,(H,28,29,34). The third-order valence-electron chi connectivity index (χ3n) is 6.30. The summed E-state index contributed by atoms with van der Waals surface area (Å²) >= 11 is 0. The first-order valence-corrected chi connectivity index (χ1v) is 12.4. The van der Waals surface area contributed by atoms with Crippen LogP contribution in [0.5, 0.6) is 0 Å². The number of anilines is 2. The number of aryl methyl sites for hydroxylation is 2. The third-order valence-corrected chi connectivity index (χ3v) is 6.30.